The Morgan fingerprint density at radius 2 is 1.70 bits per heavy atom. The third-order valence-electron chi connectivity index (χ3n) is 3.59. The van der Waals surface area contributed by atoms with Crippen molar-refractivity contribution >= 4 is 17.4 Å². The average Bonchev–Trinajstić information content (AvgIpc) is 2.48. The average molecular weight is 276 g/mol. The fourth-order valence-corrected chi connectivity index (χ4v) is 2.32. The zero-order valence-corrected chi connectivity index (χ0v) is 12.0. The Labute approximate surface area is 119 Å². The number of anilines is 1. The summed E-state index contributed by atoms with van der Waals surface area (Å²) in [5.74, 6) is -0.108. The van der Waals surface area contributed by atoms with E-state index < -0.39 is 0 Å². The largest absolute Gasteiger partial charge is 0.468 e. The maximum atomic E-state index is 11.2. The van der Waals surface area contributed by atoms with E-state index in [2.05, 4.69) is 14.5 Å². The number of esters is 1. The van der Waals surface area contributed by atoms with E-state index in [1.165, 1.54) is 7.11 Å². The van der Waals surface area contributed by atoms with Gasteiger partial charge in [0, 0.05) is 37.4 Å². The first-order valence-corrected chi connectivity index (χ1v) is 6.75. The first-order valence-electron chi connectivity index (χ1n) is 6.75. The lowest BCUT2D eigenvalue weighted by Crippen LogP contribution is -2.48. The van der Waals surface area contributed by atoms with Crippen LogP contribution in [0.4, 0.5) is 5.69 Å². The van der Waals surface area contributed by atoms with Crippen LogP contribution in [-0.2, 0) is 9.53 Å². The van der Waals surface area contributed by atoms with E-state index >= 15 is 0 Å². The van der Waals surface area contributed by atoms with Crippen molar-refractivity contribution < 1.29 is 14.3 Å². The quantitative estimate of drug-likeness (QED) is 0.610. The predicted molar refractivity (Wildman–Crippen MR) is 77.1 cm³/mol. The van der Waals surface area contributed by atoms with E-state index in [1.54, 1.807) is 6.92 Å². The molecule has 1 saturated heterocycles. The Morgan fingerprint density at radius 3 is 2.20 bits per heavy atom. The third kappa shape index (κ3) is 3.57. The summed E-state index contributed by atoms with van der Waals surface area (Å²) in [5, 5.41) is 0. The predicted octanol–water partition coefficient (Wildman–Crippen LogP) is 1.18. The van der Waals surface area contributed by atoms with Gasteiger partial charge in [0.2, 0.25) is 0 Å². The van der Waals surface area contributed by atoms with E-state index in [0.717, 1.165) is 37.4 Å². The summed E-state index contributed by atoms with van der Waals surface area (Å²) in [4.78, 5) is 26.8. The van der Waals surface area contributed by atoms with Gasteiger partial charge in [-0.25, -0.2) is 0 Å². The molecule has 0 unspecified atom stereocenters. The molecule has 1 aromatic carbocycles. The lowest BCUT2D eigenvalue weighted by Gasteiger charge is -2.35. The van der Waals surface area contributed by atoms with Crippen molar-refractivity contribution in [3.63, 3.8) is 0 Å². The number of benzene rings is 1. The number of rotatable bonds is 4. The van der Waals surface area contributed by atoms with Crippen LogP contribution >= 0.6 is 0 Å². The van der Waals surface area contributed by atoms with Gasteiger partial charge in [-0.2, -0.15) is 0 Å². The molecule has 1 aliphatic rings. The van der Waals surface area contributed by atoms with Crippen LogP contribution < -0.4 is 4.90 Å². The number of carbonyl (C=O) groups is 2. The zero-order valence-electron chi connectivity index (χ0n) is 12.0. The molecule has 0 bridgehead atoms. The minimum Gasteiger partial charge on any atom is -0.468 e. The van der Waals surface area contributed by atoms with Crippen LogP contribution in [0, 0.1) is 0 Å². The number of hydrogen-bond acceptors (Lipinski definition) is 5. The molecule has 20 heavy (non-hydrogen) atoms. The van der Waals surface area contributed by atoms with Gasteiger partial charge in [0.05, 0.1) is 13.7 Å². The molecule has 1 aromatic rings. The van der Waals surface area contributed by atoms with Gasteiger partial charge >= 0.3 is 5.97 Å². The van der Waals surface area contributed by atoms with Crippen LogP contribution in [-0.4, -0.2) is 56.5 Å². The summed E-state index contributed by atoms with van der Waals surface area (Å²) < 4.78 is 4.67. The minimum absolute atomic E-state index is 0.0828. The molecule has 1 aliphatic heterocycles. The van der Waals surface area contributed by atoms with E-state index in [4.69, 9.17) is 0 Å². The molecular weight excluding hydrogens is 256 g/mol. The molecule has 0 aliphatic carbocycles. The van der Waals surface area contributed by atoms with Crippen molar-refractivity contribution in [1.29, 1.82) is 0 Å². The highest BCUT2D eigenvalue weighted by Gasteiger charge is 2.19. The highest BCUT2D eigenvalue weighted by molar-refractivity contribution is 5.94. The molecule has 0 spiro atoms. The maximum Gasteiger partial charge on any atom is 0.319 e. The Balaban J connectivity index is 1.90. The normalized spacial score (nSPS) is 16.0. The summed E-state index contributed by atoms with van der Waals surface area (Å²) in [6.45, 7) is 5.34. The van der Waals surface area contributed by atoms with Crippen molar-refractivity contribution in [3.05, 3.63) is 29.8 Å². The minimum atomic E-state index is -0.190. The molecule has 0 amide bonds. The summed E-state index contributed by atoms with van der Waals surface area (Å²) in [7, 11) is 1.41. The fourth-order valence-electron chi connectivity index (χ4n) is 2.32. The Kier molecular flexibility index (Phi) is 4.74. The number of hydrogen-bond donors (Lipinski definition) is 0. The van der Waals surface area contributed by atoms with Crippen molar-refractivity contribution in [2.75, 3.05) is 44.7 Å². The van der Waals surface area contributed by atoms with Gasteiger partial charge < -0.3 is 9.64 Å². The Hall–Kier alpha value is -1.88. The van der Waals surface area contributed by atoms with Crippen LogP contribution in [0.3, 0.4) is 0 Å². The number of nitrogens with zero attached hydrogens (tertiary/aromatic N) is 2. The lowest BCUT2D eigenvalue weighted by molar-refractivity contribution is -0.142. The molecular formula is C15H20N2O3. The second kappa shape index (κ2) is 6.52. The SMILES string of the molecule is COC(=O)CN1CCN(c2ccc(C(C)=O)cc2)CC1. The van der Waals surface area contributed by atoms with Gasteiger partial charge in [0.25, 0.3) is 0 Å². The maximum absolute atomic E-state index is 11.2. The van der Waals surface area contributed by atoms with Gasteiger partial charge in [-0.05, 0) is 31.2 Å². The molecule has 1 fully saturated rings. The summed E-state index contributed by atoms with van der Waals surface area (Å²) in [6, 6.07) is 7.68. The smallest absolute Gasteiger partial charge is 0.319 e. The highest BCUT2D eigenvalue weighted by atomic mass is 16.5. The summed E-state index contributed by atoms with van der Waals surface area (Å²) in [5.41, 5.74) is 1.85. The number of ether oxygens (including phenoxy) is 1. The van der Waals surface area contributed by atoms with Crippen molar-refractivity contribution in [1.82, 2.24) is 4.90 Å². The first kappa shape index (κ1) is 14.5. The fraction of sp³-hybridized carbons (Fsp3) is 0.467. The number of methoxy groups -OCH3 is 1. The molecule has 5 heteroatoms. The molecule has 0 N–H and O–H groups in total. The summed E-state index contributed by atoms with van der Waals surface area (Å²) in [6.07, 6.45) is 0. The monoisotopic (exact) mass is 276 g/mol. The first-order chi connectivity index (χ1) is 9.60. The highest BCUT2D eigenvalue weighted by Crippen LogP contribution is 2.17. The Morgan fingerprint density at radius 1 is 1.10 bits per heavy atom. The van der Waals surface area contributed by atoms with Gasteiger partial charge in [-0.3, -0.25) is 14.5 Å². The van der Waals surface area contributed by atoms with Gasteiger partial charge in [0.1, 0.15) is 0 Å². The summed E-state index contributed by atoms with van der Waals surface area (Å²) >= 11 is 0. The topological polar surface area (TPSA) is 49.9 Å². The lowest BCUT2D eigenvalue weighted by atomic mass is 10.1. The van der Waals surface area contributed by atoms with Gasteiger partial charge in [-0.15, -0.1) is 0 Å². The Bertz CT molecular complexity index is 476. The molecule has 0 aromatic heterocycles. The van der Waals surface area contributed by atoms with Crippen LogP contribution in [0.25, 0.3) is 0 Å². The molecule has 0 atom stereocenters. The van der Waals surface area contributed by atoms with E-state index in [1.807, 2.05) is 24.3 Å². The molecule has 1 heterocycles. The van der Waals surface area contributed by atoms with Gasteiger partial charge in [0.15, 0.2) is 5.78 Å². The number of Topliss-reactive ketones (excluding diaryl/α,β-unsaturated/α-hetero) is 1. The van der Waals surface area contributed by atoms with Crippen molar-refractivity contribution in [2.24, 2.45) is 0 Å². The second-order valence-electron chi connectivity index (χ2n) is 4.94. The molecule has 0 radical (unpaired) electrons. The second-order valence-corrected chi connectivity index (χ2v) is 4.94. The third-order valence-corrected chi connectivity index (χ3v) is 3.59. The number of ketones is 1. The van der Waals surface area contributed by atoms with Crippen LogP contribution in [0.5, 0.6) is 0 Å². The number of piperazine rings is 1. The van der Waals surface area contributed by atoms with Crippen LogP contribution in [0.15, 0.2) is 24.3 Å². The molecule has 0 saturated carbocycles. The van der Waals surface area contributed by atoms with E-state index in [0.29, 0.717) is 6.54 Å². The van der Waals surface area contributed by atoms with E-state index in [9.17, 15) is 9.59 Å². The van der Waals surface area contributed by atoms with Crippen molar-refractivity contribution in [2.45, 2.75) is 6.92 Å². The van der Waals surface area contributed by atoms with Gasteiger partial charge in [-0.1, -0.05) is 0 Å². The van der Waals surface area contributed by atoms with Crippen LogP contribution in [0.2, 0.25) is 0 Å². The standard InChI is InChI=1S/C15H20N2O3/c1-12(18)13-3-5-14(6-4-13)17-9-7-16(8-10-17)11-15(19)20-2/h3-6H,7-11H2,1-2H3. The zero-order chi connectivity index (χ0) is 14.5. The molecule has 108 valence electrons. The van der Waals surface area contributed by atoms with E-state index in [-0.39, 0.29) is 11.8 Å². The van der Waals surface area contributed by atoms with Crippen LogP contribution in [0.1, 0.15) is 17.3 Å². The molecule has 5 nitrogen and oxygen atoms in total. The number of carbonyl (C=O) groups excluding carboxylic acids is 2. The molecule has 2 rings (SSSR count). The van der Waals surface area contributed by atoms with Crippen molar-refractivity contribution in [3.8, 4) is 0 Å².